The SMILES string of the molecule is COc1ccc2c(O[C@@H]3CC4C(=O)N[C@]5(C(=O)NS(=O)(=O)C6CC6)C[C@H]5/C=C\CCCCC[C@H](NC(=O)NC(C)(C)C)C(=O)N4C3)cc(-c3ccccc3)nc2c1. The monoisotopic (exact) mass is 800 g/mol. The van der Waals surface area contributed by atoms with Crippen LogP contribution in [0.2, 0.25) is 0 Å². The number of methoxy groups -OCH3 is 1. The summed E-state index contributed by atoms with van der Waals surface area (Å²) in [7, 11) is -2.32. The maximum atomic E-state index is 14.7. The maximum absolute atomic E-state index is 14.7. The number of rotatable bonds is 8. The molecule has 2 saturated carbocycles. The number of nitrogens with one attached hydrogen (secondary N) is 4. The van der Waals surface area contributed by atoms with E-state index in [1.165, 1.54) is 4.90 Å². The van der Waals surface area contributed by atoms with E-state index in [1.807, 2.05) is 87.5 Å². The Morgan fingerprint density at radius 1 is 1.00 bits per heavy atom. The largest absolute Gasteiger partial charge is 0.497 e. The van der Waals surface area contributed by atoms with Gasteiger partial charge < -0.3 is 30.3 Å². The Kier molecular flexibility index (Phi) is 11.2. The third-order valence-electron chi connectivity index (χ3n) is 11.0. The lowest BCUT2D eigenvalue weighted by Crippen LogP contribution is -2.59. The number of ether oxygens (including phenoxy) is 2. The third kappa shape index (κ3) is 9.19. The number of benzene rings is 2. The summed E-state index contributed by atoms with van der Waals surface area (Å²) in [6.45, 7) is 5.54. The van der Waals surface area contributed by atoms with E-state index < -0.39 is 74.2 Å². The van der Waals surface area contributed by atoms with Gasteiger partial charge in [0.15, 0.2) is 0 Å². The standard InChI is InChI=1S/C42H52N6O8S/c1-41(2,3)46-40(52)44-32-16-12-7-5-6-11-15-27-24-42(27,39(51)47-57(53,54)30-18-19-30)45-37(49)35-22-29(25-48(35)38(32)50)56-36-23-33(26-13-9-8-10-14-26)43-34-21-28(55-4)17-20-31(34)36/h8-11,13-15,17,20-21,23,27,29-30,32,35H,5-7,12,16,18-19,22,24-25H2,1-4H3,(H,45,49)(H,47,51)(H2,44,46,52)/b15-11-/t27-,29-,32+,35?,42-/m1/s1. The Morgan fingerprint density at radius 3 is 2.49 bits per heavy atom. The first-order valence-corrected chi connectivity index (χ1v) is 21.4. The fourth-order valence-electron chi connectivity index (χ4n) is 7.72. The number of amides is 5. The van der Waals surface area contributed by atoms with Gasteiger partial charge in [0.05, 0.1) is 30.1 Å². The van der Waals surface area contributed by atoms with Gasteiger partial charge in [0.1, 0.15) is 35.2 Å². The predicted molar refractivity (Wildman–Crippen MR) is 215 cm³/mol. The second kappa shape index (κ2) is 16.0. The average molecular weight is 801 g/mol. The number of pyridine rings is 1. The molecule has 5 atom stereocenters. The van der Waals surface area contributed by atoms with Gasteiger partial charge >= 0.3 is 6.03 Å². The average Bonchev–Trinajstić information content (AvgIpc) is 4.09. The smallest absolute Gasteiger partial charge is 0.315 e. The van der Waals surface area contributed by atoms with E-state index >= 15 is 0 Å². The lowest BCUT2D eigenvalue weighted by molar-refractivity contribution is -0.141. The molecule has 2 aliphatic carbocycles. The van der Waals surface area contributed by atoms with Crippen molar-refractivity contribution < 1.29 is 37.1 Å². The first-order valence-electron chi connectivity index (χ1n) is 19.8. The van der Waals surface area contributed by atoms with Crippen molar-refractivity contribution in [1.82, 2.24) is 30.6 Å². The van der Waals surface area contributed by atoms with Gasteiger partial charge in [-0.15, -0.1) is 0 Å². The van der Waals surface area contributed by atoms with Gasteiger partial charge in [0.2, 0.25) is 21.8 Å². The number of carbonyl (C=O) groups is 4. The Morgan fingerprint density at radius 2 is 1.77 bits per heavy atom. The number of allylic oxidation sites excluding steroid dienone is 1. The summed E-state index contributed by atoms with van der Waals surface area (Å²) < 4.78 is 40.3. The Bertz CT molecular complexity index is 2170. The molecule has 14 nitrogen and oxygen atoms in total. The molecule has 3 heterocycles. The Labute approximate surface area is 333 Å². The summed E-state index contributed by atoms with van der Waals surface area (Å²) in [5.41, 5.74) is 0.0850. The van der Waals surface area contributed by atoms with Crippen LogP contribution in [0.4, 0.5) is 4.79 Å². The van der Waals surface area contributed by atoms with Crippen molar-refractivity contribution in [3.05, 3.63) is 66.7 Å². The van der Waals surface area contributed by atoms with Crippen molar-refractivity contribution in [2.24, 2.45) is 5.92 Å². The quantitative estimate of drug-likeness (QED) is 0.234. The highest BCUT2D eigenvalue weighted by molar-refractivity contribution is 7.91. The summed E-state index contributed by atoms with van der Waals surface area (Å²) in [6, 6.07) is 14.4. The highest BCUT2D eigenvalue weighted by Gasteiger charge is 2.62. The Balaban J connectivity index is 1.23. The van der Waals surface area contributed by atoms with Crippen molar-refractivity contribution in [2.45, 2.75) is 113 Å². The first kappa shape index (κ1) is 40.0. The van der Waals surface area contributed by atoms with Crippen LogP contribution in [-0.4, -0.2) is 90.2 Å². The molecule has 0 radical (unpaired) electrons. The summed E-state index contributed by atoms with van der Waals surface area (Å²) in [5, 5.41) is 8.74. The second-order valence-corrected chi connectivity index (χ2v) is 18.6. The van der Waals surface area contributed by atoms with Crippen molar-refractivity contribution in [3.8, 4) is 22.8 Å². The zero-order chi connectivity index (χ0) is 40.5. The molecule has 2 aromatic carbocycles. The fraction of sp³-hybridized carbons (Fsp3) is 0.500. The fourth-order valence-corrected chi connectivity index (χ4v) is 9.08. The molecule has 57 heavy (non-hydrogen) atoms. The van der Waals surface area contributed by atoms with Crippen molar-refractivity contribution in [3.63, 3.8) is 0 Å². The van der Waals surface area contributed by atoms with Crippen LogP contribution in [0, 0.1) is 5.92 Å². The minimum atomic E-state index is -3.90. The molecule has 1 unspecified atom stereocenters. The van der Waals surface area contributed by atoms with Crippen LogP contribution in [-0.2, 0) is 24.4 Å². The molecule has 304 valence electrons. The van der Waals surface area contributed by atoms with E-state index in [0.29, 0.717) is 60.2 Å². The van der Waals surface area contributed by atoms with Crippen LogP contribution < -0.4 is 30.1 Å². The van der Waals surface area contributed by atoms with Crippen molar-refractivity contribution in [2.75, 3.05) is 13.7 Å². The summed E-state index contributed by atoms with van der Waals surface area (Å²) in [4.78, 5) is 62.5. The molecule has 7 rings (SSSR count). The first-order chi connectivity index (χ1) is 27.2. The molecule has 3 fully saturated rings. The molecule has 0 spiro atoms. The lowest BCUT2D eigenvalue weighted by Gasteiger charge is -2.30. The molecule has 5 amide bonds. The molecule has 4 aliphatic rings. The van der Waals surface area contributed by atoms with Crippen LogP contribution in [0.3, 0.4) is 0 Å². The van der Waals surface area contributed by atoms with Gasteiger partial charge in [-0.3, -0.25) is 19.1 Å². The molecule has 1 saturated heterocycles. The van der Waals surface area contributed by atoms with E-state index in [1.54, 1.807) is 7.11 Å². The summed E-state index contributed by atoms with van der Waals surface area (Å²) >= 11 is 0. The molecular weight excluding hydrogens is 749 g/mol. The van der Waals surface area contributed by atoms with Gasteiger partial charge in [-0.25, -0.2) is 18.2 Å². The highest BCUT2D eigenvalue weighted by atomic mass is 32.2. The van der Waals surface area contributed by atoms with E-state index in [9.17, 15) is 27.6 Å². The zero-order valence-corrected chi connectivity index (χ0v) is 33.7. The summed E-state index contributed by atoms with van der Waals surface area (Å²) in [6.07, 6.45) is 7.67. The number of carbonyl (C=O) groups excluding carboxylic acids is 4. The third-order valence-corrected chi connectivity index (χ3v) is 12.8. The number of nitrogens with zero attached hydrogens (tertiary/aromatic N) is 2. The highest BCUT2D eigenvalue weighted by Crippen LogP contribution is 2.46. The molecule has 1 aromatic heterocycles. The molecule has 0 bridgehead atoms. The van der Waals surface area contributed by atoms with E-state index in [-0.39, 0.29) is 19.4 Å². The van der Waals surface area contributed by atoms with Gasteiger partial charge in [0, 0.05) is 41.0 Å². The van der Waals surface area contributed by atoms with Crippen LogP contribution >= 0.6 is 0 Å². The van der Waals surface area contributed by atoms with E-state index in [2.05, 4.69) is 20.7 Å². The number of hydrogen-bond acceptors (Lipinski definition) is 9. The Hall–Kier alpha value is -5.18. The number of fused-ring (bicyclic) bond motifs is 3. The normalized spacial score (nSPS) is 26.1. The second-order valence-electron chi connectivity index (χ2n) is 16.7. The molecule has 15 heteroatoms. The minimum Gasteiger partial charge on any atom is -0.497 e. The van der Waals surface area contributed by atoms with Crippen LogP contribution in [0.25, 0.3) is 22.2 Å². The van der Waals surface area contributed by atoms with Crippen molar-refractivity contribution >= 4 is 44.7 Å². The van der Waals surface area contributed by atoms with Crippen LogP contribution in [0.15, 0.2) is 66.7 Å². The minimum absolute atomic E-state index is 0.00914. The number of urea groups is 1. The van der Waals surface area contributed by atoms with E-state index in [0.717, 1.165) is 18.4 Å². The summed E-state index contributed by atoms with van der Waals surface area (Å²) in [5.74, 6) is -1.15. The van der Waals surface area contributed by atoms with Gasteiger partial charge in [-0.2, -0.15) is 0 Å². The van der Waals surface area contributed by atoms with Crippen LogP contribution in [0.5, 0.6) is 11.5 Å². The predicted octanol–water partition coefficient (Wildman–Crippen LogP) is 4.73. The van der Waals surface area contributed by atoms with E-state index in [4.69, 9.17) is 14.5 Å². The molecule has 3 aromatic rings. The number of hydrogen-bond donors (Lipinski definition) is 4. The number of sulfonamides is 1. The molecular formula is C42H52N6O8S. The van der Waals surface area contributed by atoms with Gasteiger partial charge in [0.25, 0.3) is 5.91 Å². The molecule has 4 N–H and O–H groups in total. The maximum Gasteiger partial charge on any atom is 0.315 e. The zero-order valence-electron chi connectivity index (χ0n) is 32.9. The van der Waals surface area contributed by atoms with Gasteiger partial charge in [-0.1, -0.05) is 55.3 Å². The van der Waals surface area contributed by atoms with Crippen molar-refractivity contribution in [1.29, 1.82) is 0 Å². The number of aromatic nitrogens is 1. The molecule has 2 aliphatic heterocycles. The topological polar surface area (TPSA) is 185 Å². The van der Waals surface area contributed by atoms with Gasteiger partial charge in [-0.05, 0) is 71.4 Å². The van der Waals surface area contributed by atoms with Crippen LogP contribution in [0.1, 0.15) is 78.6 Å². The lowest BCUT2D eigenvalue weighted by atomic mass is 10.0.